The number of aryl methyl sites for hydroxylation is 1. The summed E-state index contributed by atoms with van der Waals surface area (Å²) in [5.41, 5.74) is 3.96. The fraction of sp³-hybridized carbons (Fsp3) is 0.258. The Hall–Kier alpha value is -4.17. The summed E-state index contributed by atoms with van der Waals surface area (Å²) in [6.45, 7) is 6.60. The van der Waals surface area contributed by atoms with Crippen LogP contribution < -0.4 is 14.4 Å². The monoisotopic (exact) mass is 540 g/mol. The van der Waals surface area contributed by atoms with Crippen LogP contribution in [0.25, 0.3) is 16.0 Å². The highest BCUT2D eigenvalue weighted by Gasteiger charge is 2.48. The van der Waals surface area contributed by atoms with Crippen LogP contribution in [0.3, 0.4) is 0 Å². The molecule has 3 aromatic carbocycles. The first-order chi connectivity index (χ1) is 18.8. The Morgan fingerprint density at radius 1 is 1.13 bits per heavy atom. The number of rotatable bonds is 6. The number of carbonyl (C=O) groups is 2. The molecule has 7 nitrogen and oxygen atoms in total. The maximum absolute atomic E-state index is 13.6. The van der Waals surface area contributed by atoms with Gasteiger partial charge in [-0.05, 0) is 79.4 Å². The van der Waals surface area contributed by atoms with Crippen molar-refractivity contribution in [3.8, 4) is 11.5 Å². The third-order valence-electron chi connectivity index (χ3n) is 7.02. The molecule has 3 heterocycles. The van der Waals surface area contributed by atoms with E-state index in [1.165, 1.54) is 16.2 Å². The predicted octanol–water partition coefficient (Wildman–Crippen LogP) is 6.34. The van der Waals surface area contributed by atoms with Crippen LogP contribution in [0.4, 0.5) is 5.13 Å². The molecule has 39 heavy (non-hydrogen) atoms. The van der Waals surface area contributed by atoms with E-state index in [9.17, 15) is 14.7 Å². The molecule has 0 bridgehead atoms. The number of thiazole rings is 1. The Labute approximate surface area is 230 Å². The molecule has 2 aliphatic rings. The van der Waals surface area contributed by atoms with Gasteiger partial charge in [-0.15, -0.1) is 0 Å². The van der Waals surface area contributed by atoms with Crippen molar-refractivity contribution in [2.24, 2.45) is 0 Å². The number of nitrogens with zero attached hydrogens (tertiary/aromatic N) is 2. The fourth-order valence-corrected chi connectivity index (χ4v) is 6.25. The Morgan fingerprint density at radius 2 is 1.92 bits per heavy atom. The van der Waals surface area contributed by atoms with E-state index >= 15 is 0 Å². The number of aromatic nitrogens is 1. The van der Waals surface area contributed by atoms with Crippen LogP contribution in [0.5, 0.6) is 11.5 Å². The third kappa shape index (κ3) is 4.44. The van der Waals surface area contributed by atoms with E-state index in [1.807, 2.05) is 69.3 Å². The average Bonchev–Trinajstić information content (AvgIpc) is 3.59. The molecule has 1 fully saturated rings. The van der Waals surface area contributed by atoms with Crippen LogP contribution >= 0.6 is 11.3 Å². The number of ether oxygens (including phenoxy) is 2. The smallest absolute Gasteiger partial charge is 0.301 e. The number of ketones is 1. The minimum Gasteiger partial charge on any atom is -0.507 e. The van der Waals surface area contributed by atoms with Crippen LogP contribution in [-0.4, -0.2) is 34.5 Å². The maximum Gasteiger partial charge on any atom is 0.301 e. The molecule has 0 aliphatic carbocycles. The number of Topliss-reactive ketones (excluding diaryl/α,β-unsaturated/α-hetero) is 1. The summed E-state index contributed by atoms with van der Waals surface area (Å²) in [7, 11) is 0. The van der Waals surface area contributed by atoms with Crippen molar-refractivity contribution in [2.45, 2.75) is 45.8 Å². The molecule has 1 N–H and O–H groups in total. The van der Waals surface area contributed by atoms with Crippen molar-refractivity contribution in [1.82, 2.24) is 4.98 Å². The van der Waals surface area contributed by atoms with Gasteiger partial charge in [-0.25, -0.2) is 4.98 Å². The SMILES string of the molecule is CCCOc1ccc(C2/C(=C(\O)c3ccc4c(c3)CC(C)O4)C(=O)C(=O)N2c2nc3ccc(C)cc3s2)cc1. The Bertz CT molecular complexity index is 1640. The van der Waals surface area contributed by atoms with E-state index in [1.54, 1.807) is 12.1 Å². The van der Waals surface area contributed by atoms with Gasteiger partial charge in [0.15, 0.2) is 5.13 Å². The van der Waals surface area contributed by atoms with Gasteiger partial charge < -0.3 is 14.6 Å². The van der Waals surface area contributed by atoms with E-state index < -0.39 is 17.7 Å². The van der Waals surface area contributed by atoms with Crippen LogP contribution in [0.15, 0.2) is 66.2 Å². The number of anilines is 1. The van der Waals surface area contributed by atoms with E-state index in [0.29, 0.717) is 35.0 Å². The second-order valence-corrected chi connectivity index (χ2v) is 11.0. The van der Waals surface area contributed by atoms with Gasteiger partial charge in [0.2, 0.25) is 0 Å². The number of amides is 1. The van der Waals surface area contributed by atoms with Gasteiger partial charge in [0, 0.05) is 12.0 Å². The quantitative estimate of drug-likeness (QED) is 0.174. The average molecular weight is 541 g/mol. The first kappa shape index (κ1) is 25.1. The second-order valence-electron chi connectivity index (χ2n) is 10.0. The van der Waals surface area contributed by atoms with Crippen LogP contribution in [0.2, 0.25) is 0 Å². The third-order valence-corrected chi connectivity index (χ3v) is 8.04. The van der Waals surface area contributed by atoms with Crippen LogP contribution in [0, 0.1) is 6.92 Å². The molecule has 4 aromatic rings. The second kappa shape index (κ2) is 9.85. The summed E-state index contributed by atoms with van der Waals surface area (Å²) in [6.07, 6.45) is 1.63. The first-order valence-electron chi connectivity index (χ1n) is 13.0. The highest BCUT2D eigenvalue weighted by Crippen LogP contribution is 2.45. The maximum atomic E-state index is 13.6. The number of carbonyl (C=O) groups excluding carboxylic acids is 2. The summed E-state index contributed by atoms with van der Waals surface area (Å²) in [6, 6.07) is 17.7. The molecule has 8 heteroatoms. The lowest BCUT2D eigenvalue weighted by Crippen LogP contribution is -2.29. The van der Waals surface area contributed by atoms with E-state index in [4.69, 9.17) is 14.5 Å². The van der Waals surface area contributed by atoms with E-state index in [-0.39, 0.29) is 17.4 Å². The van der Waals surface area contributed by atoms with E-state index in [0.717, 1.165) is 33.5 Å². The zero-order chi connectivity index (χ0) is 27.3. The molecule has 6 rings (SSSR count). The molecular weight excluding hydrogens is 512 g/mol. The molecule has 2 atom stereocenters. The van der Waals surface area contributed by atoms with Crippen LogP contribution in [0.1, 0.15) is 48.6 Å². The molecule has 1 saturated heterocycles. The summed E-state index contributed by atoms with van der Waals surface area (Å²) in [4.78, 5) is 33.3. The van der Waals surface area contributed by atoms with Crippen molar-refractivity contribution in [3.05, 3.63) is 88.5 Å². The Balaban J connectivity index is 1.49. The van der Waals surface area contributed by atoms with Crippen molar-refractivity contribution in [3.63, 3.8) is 0 Å². The van der Waals surface area contributed by atoms with Crippen molar-refractivity contribution >= 4 is 44.1 Å². The molecule has 2 aliphatic heterocycles. The lowest BCUT2D eigenvalue weighted by molar-refractivity contribution is -0.132. The van der Waals surface area contributed by atoms with Crippen molar-refractivity contribution in [1.29, 1.82) is 0 Å². The molecule has 1 aromatic heterocycles. The number of aliphatic hydroxyl groups excluding tert-OH is 1. The topological polar surface area (TPSA) is 89.0 Å². The van der Waals surface area contributed by atoms with Gasteiger partial charge in [-0.3, -0.25) is 14.5 Å². The zero-order valence-corrected chi connectivity index (χ0v) is 22.7. The lowest BCUT2D eigenvalue weighted by atomic mass is 9.94. The minimum atomic E-state index is -0.852. The molecule has 1 amide bonds. The van der Waals surface area contributed by atoms with E-state index in [2.05, 4.69) is 0 Å². The van der Waals surface area contributed by atoms with Crippen LogP contribution in [-0.2, 0) is 16.0 Å². The lowest BCUT2D eigenvalue weighted by Gasteiger charge is -2.23. The molecule has 198 valence electrons. The van der Waals surface area contributed by atoms with Crippen molar-refractivity contribution in [2.75, 3.05) is 11.5 Å². The highest BCUT2D eigenvalue weighted by molar-refractivity contribution is 7.22. The first-order valence-corrected chi connectivity index (χ1v) is 13.9. The fourth-order valence-electron chi connectivity index (χ4n) is 5.16. The molecule has 0 saturated carbocycles. The molecule has 0 radical (unpaired) electrons. The molecule has 0 spiro atoms. The summed E-state index contributed by atoms with van der Waals surface area (Å²) in [5, 5.41) is 12.0. The zero-order valence-electron chi connectivity index (χ0n) is 21.9. The van der Waals surface area contributed by atoms with Gasteiger partial charge in [0.1, 0.15) is 23.4 Å². The largest absolute Gasteiger partial charge is 0.507 e. The Morgan fingerprint density at radius 3 is 2.69 bits per heavy atom. The number of benzene rings is 3. The predicted molar refractivity (Wildman–Crippen MR) is 152 cm³/mol. The van der Waals surface area contributed by atoms with Gasteiger partial charge in [-0.1, -0.05) is 36.5 Å². The number of hydrogen-bond donors (Lipinski definition) is 1. The Kier molecular flexibility index (Phi) is 6.35. The highest BCUT2D eigenvalue weighted by atomic mass is 32.1. The molecule has 2 unspecified atom stereocenters. The standard InChI is InChI=1S/C31H28N2O5S/c1-4-13-37-22-9-6-19(7-10-22)27-26(28(34)20-8-12-24-21(16-20)15-18(3)38-24)29(35)30(36)33(27)31-32-23-11-5-17(2)14-25(23)39-31/h5-12,14,16,18,27,34H,4,13,15H2,1-3H3/b28-26+. The van der Waals surface area contributed by atoms with Gasteiger partial charge in [0.25, 0.3) is 5.78 Å². The van der Waals surface area contributed by atoms with Gasteiger partial charge >= 0.3 is 5.91 Å². The summed E-state index contributed by atoms with van der Waals surface area (Å²) < 4.78 is 12.5. The normalized spacial score (nSPS) is 19.9. The summed E-state index contributed by atoms with van der Waals surface area (Å²) >= 11 is 1.35. The minimum absolute atomic E-state index is 0.0320. The van der Waals surface area contributed by atoms with Gasteiger partial charge in [0.05, 0.1) is 28.4 Å². The number of fused-ring (bicyclic) bond motifs is 2. The number of hydrogen-bond acceptors (Lipinski definition) is 7. The molecular formula is C31H28N2O5S. The van der Waals surface area contributed by atoms with Gasteiger partial charge in [-0.2, -0.15) is 0 Å². The number of aliphatic hydroxyl groups is 1. The van der Waals surface area contributed by atoms with Crippen molar-refractivity contribution < 1.29 is 24.2 Å². The summed E-state index contributed by atoms with van der Waals surface area (Å²) in [5.74, 6) is -0.221.